The van der Waals surface area contributed by atoms with Crippen molar-refractivity contribution in [2.75, 3.05) is 0 Å². The number of aliphatic hydroxyl groups excluding tert-OH is 2. The molecule has 0 unspecified atom stereocenters. The summed E-state index contributed by atoms with van der Waals surface area (Å²) in [5.41, 5.74) is -0.396. The fourth-order valence-corrected chi connectivity index (χ4v) is 6.46. The Morgan fingerprint density at radius 2 is 0.981 bits per heavy atom. The van der Waals surface area contributed by atoms with Crippen LogP contribution in [0.25, 0.3) is 22.1 Å². The molecular weight excluding hydrogens is 678 g/mol. The SMILES string of the molecule is Cc1ccc([C@@H](n2nc(CO)c3c(=O)[nH]c(=O)[nH]c32)C(C)(C)C)cc1F.Cc1ccc([C@H](n2nc(CO)c3c(=O)[nH]c(=O)[nH]c32)C(C)(C)C)cc1F. The molecule has 276 valence electrons. The number of nitrogens with zero attached hydrogens (tertiary/aromatic N) is 4. The number of aryl methyl sites for hydroxylation is 2. The summed E-state index contributed by atoms with van der Waals surface area (Å²) in [6, 6.07) is 8.87. The van der Waals surface area contributed by atoms with Gasteiger partial charge >= 0.3 is 11.4 Å². The molecule has 14 nitrogen and oxygen atoms in total. The highest BCUT2D eigenvalue weighted by molar-refractivity contribution is 5.78. The number of aromatic amines is 4. The van der Waals surface area contributed by atoms with Crippen LogP contribution in [0.15, 0.2) is 55.6 Å². The number of nitrogens with one attached hydrogen (secondary N) is 4. The Morgan fingerprint density at radius 1 is 0.635 bits per heavy atom. The van der Waals surface area contributed by atoms with Crippen LogP contribution in [-0.2, 0) is 13.2 Å². The Balaban J connectivity index is 0.000000201. The van der Waals surface area contributed by atoms with Crippen LogP contribution in [0.3, 0.4) is 0 Å². The molecule has 0 radical (unpaired) electrons. The number of halogens is 2. The smallest absolute Gasteiger partial charge is 0.327 e. The Labute approximate surface area is 295 Å². The molecule has 0 bridgehead atoms. The highest BCUT2D eigenvalue weighted by Crippen LogP contribution is 2.39. The van der Waals surface area contributed by atoms with Gasteiger partial charge in [-0.05, 0) is 59.1 Å². The van der Waals surface area contributed by atoms with Crippen molar-refractivity contribution in [2.24, 2.45) is 10.8 Å². The van der Waals surface area contributed by atoms with Gasteiger partial charge in [-0.25, -0.2) is 27.7 Å². The molecule has 0 fully saturated rings. The van der Waals surface area contributed by atoms with Gasteiger partial charge in [0.2, 0.25) is 0 Å². The number of benzene rings is 2. The van der Waals surface area contributed by atoms with E-state index in [1.807, 2.05) is 41.5 Å². The highest BCUT2D eigenvalue weighted by atomic mass is 19.1. The minimum Gasteiger partial charge on any atom is -0.390 e. The number of aliphatic hydroxyl groups is 2. The summed E-state index contributed by atoms with van der Waals surface area (Å²) in [4.78, 5) is 57.4. The van der Waals surface area contributed by atoms with Crippen molar-refractivity contribution in [1.82, 2.24) is 39.5 Å². The summed E-state index contributed by atoms with van der Waals surface area (Å²) in [7, 11) is 0. The van der Waals surface area contributed by atoms with E-state index in [-0.39, 0.29) is 45.1 Å². The second kappa shape index (κ2) is 13.9. The molecule has 52 heavy (non-hydrogen) atoms. The second-order valence-corrected chi connectivity index (χ2v) is 14.9. The van der Waals surface area contributed by atoms with E-state index in [9.17, 15) is 38.2 Å². The zero-order chi connectivity index (χ0) is 38.4. The van der Waals surface area contributed by atoms with Crippen molar-refractivity contribution >= 4 is 22.1 Å². The van der Waals surface area contributed by atoms with E-state index in [2.05, 4.69) is 30.1 Å². The van der Waals surface area contributed by atoms with Gasteiger partial charge < -0.3 is 10.2 Å². The van der Waals surface area contributed by atoms with E-state index >= 15 is 0 Å². The number of hydrogen-bond donors (Lipinski definition) is 6. The van der Waals surface area contributed by atoms with Crippen molar-refractivity contribution in [3.63, 3.8) is 0 Å². The molecule has 0 aliphatic heterocycles. The predicted octanol–water partition coefficient (Wildman–Crippen LogP) is 3.98. The van der Waals surface area contributed by atoms with Gasteiger partial charge in [0.1, 0.15) is 45.1 Å². The molecule has 6 N–H and O–H groups in total. The number of aromatic nitrogens is 8. The second-order valence-electron chi connectivity index (χ2n) is 14.9. The van der Waals surface area contributed by atoms with E-state index in [0.29, 0.717) is 22.3 Å². The maximum atomic E-state index is 14.2. The molecule has 2 aromatic carbocycles. The molecule has 0 saturated carbocycles. The van der Waals surface area contributed by atoms with E-state index in [1.165, 1.54) is 21.5 Å². The van der Waals surface area contributed by atoms with Gasteiger partial charge in [-0.15, -0.1) is 0 Å². The standard InChI is InChI=1S/2C18H21FN4O3/c2*1-9-5-6-10(7-11(9)19)14(18(2,3)4)23-15-13(12(8-24)22-23)16(25)21-17(26)20-15/h2*5-7,14,24H,8H2,1-4H3,(H2,20,21,25,26)/t2*14-/m10/s1. The number of hydrogen-bond acceptors (Lipinski definition) is 8. The predicted molar refractivity (Wildman–Crippen MR) is 191 cm³/mol. The van der Waals surface area contributed by atoms with Crippen LogP contribution in [0, 0.1) is 36.3 Å². The Bertz CT molecular complexity index is 2350. The largest absolute Gasteiger partial charge is 0.390 e. The lowest BCUT2D eigenvalue weighted by Crippen LogP contribution is -2.29. The van der Waals surface area contributed by atoms with E-state index in [4.69, 9.17) is 0 Å². The average Bonchev–Trinajstić information content (AvgIpc) is 3.58. The van der Waals surface area contributed by atoms with Gasteiger partial charge in [-0.1, -0.05) is 65.8 Å². The van der Waals surface area contributed by atoms with E-state index in [0.717, 1.165) is 0 Å². The molecule has 4 heterocycles. The van der Waals surface area contributed by atoms with Gasteiger partial charge in [-0.3, -0.25) is 29.5 Å². The number of H-pyrrole nitrogens is 4. The van der Waals surface area contributed by atoms with Crippen molar-refractivity contribution < 1.29 is 19.0 Å². The Morgan fingerprint density at radius 3 is 1.27 bits per heavy atom. The lowest BCUT2D eigenvalue weighted by atomic mass is 9.82. The zero-order valence-corrected chi connectivity index (χ0v) is 30.1. The average molecular weight is 721 g/mol. The minimum atomic E-state index is -0.670. The molecule has 0 saturated heterocycles. The molecule has 0 amide bonds. The molecule has 6 aromatic rings. The first-order valence-corrected chi connectivity index (χ1v) is 16.5. The zero-order valence-electron chi connectivity index (χ0n) is 30.1. The third-order valence-corrected chi connectivity index (χ3v) is 8.79. The Hall–Kier alpha value is -5.48. The van der Waals surface area contributed by atoms with Crippen LogP contribution in [0.2, 0.25) is 0 Å². The fraction of sp³-hybridized carbons (Fsp3) is 0.389. The van der Waals surface area contributed by atoms with Crippen molar-refractivity contribution in [1.29, 1.82) is 0 Å². The molecule has 0 spiro atoms. The van der Waals surface area contributed by atoms with E-state index < -0.39 is 58.6 Å². The van der Waals surface area contributed by atoms with Crippen molar-refractivity contribution in [3.05, 3.63) is 123 Å². The lowest BCUT2D eigenvalue weighted by molar-refractivity contribution is 0.255. The summed E-state index contributed by atoms with van der Waals surface area (Å²) >= 11 is 0. The summed E-state index contributed by atoms with van der Waals surface area (Å²) in [5.74, 6) is -0.691. The van der Waals surface area contributed by atoms with E-state index in [1.54, 1.807) is 38.1 Å². The summed E-state index contributed by atoms with van der Waals surface area (Å²) < 4.78 is 31.3. The molecule has 6 rings (SSSR count). The van der Waals surface area contributed by atoms with Crippen LogP contribution >= 0.6 is 0 Å². The van der Waals surface area contributed by atoms with Crippen LogP contribution in [0.4, 0.5) is 8.78 Å². The summed E-state index contributed by atoms with van der Waals surface area (Å²) in [5, 5.41) is 28.2. The van der Waals surface area contributed by atoms with Crippen LogP contribution < -0.4 is 22.5 Å². The maximum Gasteiger partial charge on any atom is 0.327 e. The molecule has 0 aliphatic carbocycles. The first-order valence-electron chi connectivity index (χ1n) is 16.5. The first kappa shape index (κ1) is 37.8. The molecule has 0 aliphatic rings. The number of fused-ring (bicyclic) bond motifs is 2. The van der Waals surface area contributed by atoms with Crippen LogP contribution in [0.1, 0.15) is 87.3 Å². The Kier molecular flexibility index (Phi) is 10.1. The molecule has 2 atom stereocenters. The topological polar surface area (TPSA) is 208 Å². The van der Waals surface area contributed by atoms with Gasteiger partial charge in [0, 0.05) is 0 Å². The quantitative estimate of drug-likeness (QED) is 0.148. The normalized spacial score (nSPS) is 13.3. The molecule has 16 heteroatoms. The first-order chi connectivity index (χ1) is 24.3. The van der Waals surface area contributed by atoms with Gasteiger partial charge in [-0.2, -0.15) is 10.2 Å². The lowest BCUT2D eigenvalue weighted by Gasteiger charge is -2.32. The molecular formula is C36H42F2N8O6. The summed E-state index contributed by atoms with van der Waals surface area (Å²) in [6.45, 7) is 14.1. The van der Waals surface area contributed by atoms with Crippen molar-refractivity contribution in [2.45, 2.75) is 80.7 Å². The van der Waals surface area contributed by atoms with Gasteiger partial charge in [0.15, 0.2) is 0 Å². The number of rotatable bonds is 6. The van der Waals surface area contributed by atoms with Crippen molar-refractivity contribution in [3.8, 4) is 0 Å². The third kappa shape index (κ3) is 7.16. The van der Waals surface area contributed by atoms with Crippen LogP contribution in [-0.4, -0.2) is 49.7 Å². The highest BCUT2D eigenvalue weighted by Gasteiger charge is 2.34. The maximum absolute atomic E-state index is 14.2. The van der Waals surface area contributed by atoms with Gasteiger partial charge in [0.25, 0.3) is 11.1 Å². The monoisotopic (exact) mass is 720 g/mol. The third-order valence-electron chi connectivity index (χ3n) is 8.79. The fourth-order valence-electron chi connectivity index (χ4n) is 6.46. The van der Waals surface area contributed by atoms with Crippen LogP contribution in [0.5, 0.6) is 0 Å². The molecule has 4 aromatic heterocycles. The summed E-state index contributed by atoms with van der Waals surface area (Å²) in [6.07, 6.45) is 0. The van der Waals surface area contributed by atoms with Gasteiger partial charge in [0.05, 0.1) is 25.3 Å². The minimum absolute atomic E-state index is 0.119.